The van der Waals surface area contributed by atoms with Crippen molar-refractivity contribution in [2.75, 3.05) is 41.7 Å². The predicted molar refractivity (Wildman–Crippen MR) is 183 cm³/mol. The second-order valence-corrected chi connectivity index (χ2v) is 13.9. The predicted octanol–water partition coefficient (Wildman–Crippen LogP) is 3.95. The Bertz CT molecular complexity index is 1760. The lowest BCUT2D eigenvalue weighted by molar-refractivity contribution is -0.123. The second kappa shape index (κ2) is 13.8. The van der Waals surface area contributed by atoms with Crippen molar-refractivity contribution in [2.24, 2.45) is 0 Å². The van der Waals surface area contributed by atoms with Gasteiger partial charge in [-0.25, -0.2) is 4.79 Å². The number of nitrogens with one attached hydrogen (secondary N) is 2. The summed E-state index contributed by atoms with van der Waals surface area (Å²) in [5.41, 5.74) is 3.53. The van der Waals surface area contributed by atoms with Crippen molar-refractivity contribution < 1.29 is 43.5 Å². The lowest BCUT2D eigenvalue weighted by atomic mass is 9.75. The zero-order valence-electron chi connectivity index (χ0n) is 30.3. The van der Waals surface area contributed by atoms with Crippen LogP contribution in [0.3, 0.4) is 0 Å². The molecule has 270 valence electrons. The summed E-state index contributed by atoms with van der Waals surface area (Å²) >= 11 is 0. The lowest BCUT2D eigenvalue weighted by Crippen LogP contribution is -2.62. The number of phenols is 2. The average Bonchev–Trinajstić information content (AvgIpc) is 3.04. The van der Waals surface area contributed by atoms with Gasteiger partial charge in [0.15, 0.2) is 29.8 Å². The van der Waals surface area contributed by atoms with E-state index in [-0.39, 0.29) is 36.6 Å². The Balaban J connectivity index is 1.67. The number of hydrogen-bond acceptors (Lipinski definition) is 12. The zero-order chi connectivity index (χ0) is 36.8. The van der Waals surface area contributed by atoms with E-state index in [2.05, 4.69) is 27.7 Å². The SMILES string of the molecule is COCOc1c(OC)c(C)cc2c1[C@@H]1C3=Cc4c(O)c(C)c(OC)c(O)c4[C@H](CNC(=O)C(C)NC(=O)OC(C)(C)C)N3[C@@H](C#N)[C@H](C2)N1C. The molecule has 3 aliphatic rings. The summed E-state index contributed by atoms with van der Waals surface area (Å²) in [7, 11) is 6.45. The molecule has 1 saturated heterocycles. The third-order valence-electron chi connectivity index (χ3n) is 9.55. The number of fused-ring (bicyclic) bond motifs is 7. The summed E-state index contributed by atoms with van der Waals surface area (Å²) in [6.07, 6.45) is 1.53. The maximum absolute atomic E-state index is 13.4. The lowest BCUT2D eigenvalue weighted by Gasteiger charge is -2.57. The minimum Gasteiger partial charge on any atom is -0.507 e. The van der Waals surface area contributed by atoms with Gasteiger partial charge in [-0.2, -0.15) is 5.26 Å². The van der Waals surface area contributed by atoms with E-state index in [0.29, 0.717) is 40.3 Å². The summed E-state index contributed by atoms with van der Waals surface area (Å²) in [6, 6.07) is 1.19. The highest BCUT2D eigenvalue weighted by atomic mass is 16.7. The van der Waals surface area contributed by atoms with Crippen LogP contribution in [0.5, 0.6) is 28.7 Å². The number of alkyl carbamates (subject to hydrolysis) is 1. The van der Waals surface area contributed by atoms with Crippen LogP contribution in [-0.4, -0.2) is 97.5 Å². The molecule has 2 bridgehead atoms. The number of ether oxygens (including phenoxy) is 5. The number of amides is 2. The van der Waals surface area contributed by atoms with E-state index in [1.165, 1.54) is 21.1 Å². The number of nitrogens with zero attached hydrogens (tertiary/aromatic N) is 3. The van der Waals surface area contributed by atoms with Gasteiger partial charge in [-0.15, -0.1) is 0 Å². The first-order chi connectivity index (χ1) is 23.6. The molecule has 2 amide bonds. The fourth-order valence-electron chi connectivity index (χ4n) is 7.44. The molecule has 0 saturated carbocycles. The van der Waals surface area contributed by atoms with Crippen LogP contribution in [0.15, 0.2) is 11.8 Å². The number of carbonyl (C=O) groups excluding carboxylic acids is 2. The quantitative estimate of drug-likeness (QED) is 0.220. The molecule has 0 radical (unpaired) electrons. The van der Waals surface area contributed by atoms with Crippen molar-refractivity contribution in [1.29, 1.82) is 5.26 Å². The first-order valence-electron chi connectivity index (χ1n) is 16.4. The van der Waals surface area contributed by atoms with Crippen LogP contribution < -0.4 is 24.8 Å². The molecule has 14 nitrogen and oxygen atoms in total. The summed E-state index contributed by atoms with van der Waals surface area (Å²) in [5, 5.41) is 39.6. The van der Waals surface area contributed by atoms with Crippen molar-refractivity contribution in [1.82, 2.24) is 20.4 Å². The number of piperazine rings is 1. The standard InChI is InChI=1S/C36H47N5O9/c1-17-11-20-12-22-24(14-37)41-23(28(40(22)7)26(20)33(31(17)47-9)49-16-46-8)13-21-27(30(43)32(48-10)18(2)29(21)42)25(41)15-38-34(44)19(3)39-35(45)50-36(4,5)6/h11,13,19,22,24-25,28,42-43H,12,15-16H2,1-10H3,(H,38,44)(H,39,45)/t19?,22-,24-,25-,28-/m0/s1. The van der Waals surface area contributed by atoms with E-state index >= 15 is 0 Å². The fraction of sp³-hybridized carbons (Fsp3) is 0.528. The molecule has 5 atom stereocenters. The van der Waals surface area contributed by atoms with Gasteiger partial charge in [0.25, 0.3) is 0 Å². The summed E-state index contributed by atoms with van der Waals surface area (Å²) in [4.78, 5) is 29.9. The Morgan fingerprint density at radius 3 is 2.36 bits per heavy atom. The highest BCUT2D eigenvalue weighted by Crippen LogP contribution is 2.58. The van der Waals surface area contributed by atoms with Gasteiger partial charge in [0, 0.05) is 47.6 Å². The van der Waals surface area contributed by atoms with Gasteiger partial charge >= 0.3 is 6.09 Å². The monoisotopic (exact) mass is 693 g/mol. The van der Waals surface area contributed by atoms with E-state index in [4.69, 9.17) is 23.7 Å². The molecule has 50 heavy (non-hydrogen) atoms. The maximum Gasteiger partial charge on any atom is 0.408 e. The number of aromatic hydroxyl groups is 2. The van der Waals surface area contributed by atoms with Crippen LogP contribution in [0.4, 0.5) is 4.79 Å². The number of hydrogen-bond donors (Lipinski definition) is 4. The van der Waals surface area contributed by atoms with Crippen molar-refractivity contribution in [3.63, 3.8) is 0 Å². The topological polar surface area (TPSA) is 175 Å². The normalized spacial score (nSPS) is 21.4. The summed E-state index contributed by atoms with van der Waals surface area (Å²) in [5.74, 6) is 0.305. The molecule has 2 aromatic carbocycles. The van der Waals surface area contributed by atoms with Gasteiger partial charge in [0.1, 0.15) is 23.4 Å². The minimum atomic E-state index is -0.973. The van der Waals surface area contributed by atoms with Crippen LogP contribution in [0, 0.1) is 25.2 Å². The third kappa shape index (κ3) is 6.20. The van der Waals surface area contributed by atoms with Gasteiger partial charge in [0.2, 0.25) is 5.91 Å². The molecule has 3 heterocycles. The van der Waals surface area contributed by atoms with Gasteiger partial charge in [0.05, 0.1) is 32.4 Å². The average molecular weight is 694 g/mol. The molecule has 4 N–H and O–H groups in total. The maximum atomic E-state index is 13.4. The highest BCUT2D eigenvalue weighted by Gasteiger charge is 2.53. The Morgan fingerprint density at radius 2 is 1.76 bits per heavy atom. The van der Waals surface area contributed by atoms with Crippen molar-refractivity contribution in [3.05, 3.63) is 45.1 Å². The number of phenolic OH excluding ortho intramolecular Hbond substituents is 2. The van der Waals surface area contributed by atoms with E-state index in [1.54, 1.807) is 40.9 Å². The Kier molecular flexibility index (Phi) is 10.0. The van der Waals surface area contributed by atoms with Crippen LogP contribution in [0.25, 0.3) is 6.08 Å². The number of nitriles is 1. The van der Waals surface area contributed by atoms with Crippen LogP contribution >= 0.6 is 0 Å². The largest absolute Gasteiger partial charge is 0.507 e. The number of carbonyl (C=O) groups is 2. The molecular weight excluding hydrogens is 646 g/mol. The smallest absolute Gasteiger partial charge is 0.408 e. The molecular formula is C36H47N5O9. The van der Waals surface area contributed by atoms with E-state index < -0.39 is 41.8 Å². The summed E-state index contributed by atoms with van der Waals surface area (Å²) < 4.78 is 28.1. The molecule has 0 spiro atoms. The third-order valence-corrected chi connectivity index (χ3v) is 9.55. The zero-order valence-corrected chi connectivity index (χ0v) is 30.3. The van der Waals surface area contributed by atoms with E-state index in [0.717, 1.165) is 16.7 Å². The van der Waals surface area contributed by atoms with Gasteiger partial charge in [-0.3, -0.25) is 9.69 Å². The molecule has 14 heteroatoms. The fourth-order valence-corrected chi connectivity index (χ4v) is 7.44. The van der Waals surface area contributed by atoms with Gasteiger partial charge in [-0.1, -0.05) is 6.07 Å². The Labute approximate surface area is 292 Å². The van der Waals surface area contributed by atoms with Crippen LogP contribution in [0.1, 0.15) is 73.2 Å². The Hall–Kier alpha value is -4.87. The van der Waals surface area contributed by atoms with Gasteiger partial charge in [-0.05, 0) is 72.2 Å². The number of methoxy groups -OCH3 is 3. The number of benzene rings is 2. The molecule has 5 rings (SSSR count). The van der Waals surface area contributed by atoms with E-state index in [1.807, 2.05) is 18.9 Å². The number of aryl methyl sites for hydroxylation is 1. The Morgan fingerprint density at radius 1 is 1.08 bits per heavy atom. The molecule has 0 aliphatic carbocycles. The van der Waals surface area contributed by atoms with Crippen molar-refractivity contribution >= 4 is 18.1 Å². The first-order valence-corrected chi connectivity index (χ1v) is 16.4. The van der Waals surface area contributed by atoms with Crippen LogP contribution in [0.2, 0.25) is 0 Å². The molecule has 0 aromatic heterocycles. The van der Waals surface area contributed by atoms with Crippen molar-refractivity contribution in [2.45, 2.75) is 83.8 Å². The minimum absolute atomic E-state index is 0.0314. The first kappa shape index (κ1) is 36.4. The van der Waals surface area contributed by atoms with E-state index in [9.17, 15) is 25.1 Å². The number of rotatable bonds is 9. The van der Waals surface area contributed by atoms with Crippen LogP contribution in [-0.2, 0) is 20.7 Å². The highest BCUT2D eigenvalue weighted by molar-refractivity contribution is 5.85. The number of likely N-dealkylation sites (N-methyl/N-ethyl adjacent to an activating group) is 1. The molecule has 1 fully saturated rings. The van der Waals surface area contributed by atoms with Gasteiger partial charge < -0.3 is 49.4 Å². The second-order valence-electron chi connectivity index (χ2n) is 13.9. The molecule has 1 unspecified atom stereocenters. The summed E-state index contributed by atoms with van der Waals surface area (Å²) in [6.45, 7) is 10.1. The molecule has 2 aromatic rings. The van der Waals surface area contributed by atoms with Crippen molar-refractivity contribution in [3.8, 4) is 34.8 Å². The molecule has 3 aliphatic heterocycles.